The molecule has 3 nitrogen and oxygen atoms in total. The van der Waals surface area contributed by atoms with Gasteiger partial charge in [-0.25, -0.2) is 4.98 Å². The number of nitrogens with zero attached hydrogens (tertiary/aromatic N) is 2. The van der Waals surface area contributed by atoms with Crippen molar-refractivity contribution in [1.29, 1.82) is 0 Å². The molecule has 0 spiro atoms. The van der Waals surface area contributed by atoms with Gasteiger partial charge in [0.1, 0.15) is 0 Å². The van der Waals surface area contributed by atoms with Crippen molar-refractivity contribution in [3.05, 3.63) is 24.3 Å². The second-order valence-electron chi connectivity index (χ2n) is 5.08. The molecule has 1 aromatic carbocycles. The van der Waals surface area contributed by atoms with Gasteiger partial charge in [-0.3, -0.25) is 0 Å². The molecule has 0 N–H and O–H groups in total. The van der Waals surface area contributed by atoms with E-state index in [-0.39, 0.29) is 0 Å². The van der Waals surface area contributed by atoms with E-state index in [1.54, 1.807) is 11.3 Å². The van der Waals surface area contributed by atoms with E-state index >= 15 is 0 Å². The highest BCUT2D eigenvalue weighted by atomic mass is 32.1. The summed E-state index contributed by atoms with van der Waals surface area (Å²) in [5.74, 6) is 0.653. The Hall–Kier alpha value is -1.13. The van der Waals surface area contributed by atoms with Gasteiger partial charge in [-0.15, -0.1) is 0 Å². The summed E-state index contributed by atoms with van der Waals surface area (Å²) in [5.41, 5.74) is 1.12. The first-order valence-corrected chi connectivity index (χ1v) is 7.86. The predicted molar refractivity (Wildman–Crippen MR) is 81.1 cm³/mol. The lowest BCUT2D eigenvalue weighted by atomic mass is 9.99. The van der Waals surface area contributed by atoms with E-state index in [1.807, 2.05) is 0 Å². The number of thiazole rings is 1. The van der Waals surface area contributed by atoms with Gasteiger partial charge in [-0.1, -0.05) is 23.5 Å². The van der Waals surface area contributed by atoms with E-state index < -0.39 is 0 Å². The quantitative estimate of drug-likeness (QED) is 0.854. The Morgan fingerprint density at radius 1 is 1.42 bits per heavy atom. The molecule has 1 unspecified atom stereocenters. The number of hydrogen-bond acceptors (Lipinski definition) is 4. The van der Waals surface area contributed by atoms with Gasteiger partial charge in [0.25, 0.3) is 0 Å². The molecule has 0 aliphatic carbocycles. The Balaban J connectivity index is 1.73. The number of rotatable bonds is 4. The Kier molecular flexibility index (Phi) is 3.99. The van der Waals surface area contributed by atoms with Gasteiger partial charge in [-0.05, 0) is 37.8 Å². The van der Waals surface area contributed by atoms with E-state index in [2.05, 4.69) is 36.1 Å². The molecule has 1 aliphatic heterocycles. The first kappa shape index (κ1) is 12.9. The lowest BCUT2D eigenvalue weighted by molar-refractivity contribution is 0.104. The van der Waals surface area contributed by atoms with E-state index in [4.69, 9.17) is 9.72 Å². The van der Waals surface area contributed by atoms with Crippen LogP contribution in [0.3, 0.4) is 0 Å². The highest BCUT2D eigenvalue weighted by Crippen LogP contribution is 2.31. The lowest BCUT2D eigenvalue weighted by Crippen LogP contribution is -2.37. The number of aromatic nitrogens is 1. The smallest absolute Gasteiger partial charge is 0.186 e. The summed E-state index contributed by atoms with van der Waals surface area (Å²) in [6.07, 6.45) is 2.52. The van der Waals surface area contributed by atoms with Crippen molar-refractivity contribution in [3.63, 3.8) is 0 Å². The fourth-order valence-electron chi connectivity index (χ4n) is 2.65. The molecule has 1 atom stereocenters. The molecule has 1 saturated heterocycles. The van der Waals surface area contributed by atoms with Crippen molar-refractivity contribution < 1.29 is 4.74 Å². The summed E-state index contributed by atoms with van der Waals surface area (Å²) < 4.78 is 6.85. The summed E-state index contributed by atoms with van der Waals surface area (Å²) in [5, 5.41) is 1.17. The molecule has 4 heteroatoms. The van der Waals surface area contributed by atoms with Crippen LogP contribution in [-0.4, -0.2) is 31.3 Å². The van der Waals surface area contributed by atoms with Crippen LogP contribution in [0.5, 0.6) is 0 Å². The number of fused-ring (bicyclic) bond motifs is 1. The van der Waals surface area contributed by atoms with Crippen molar-refractivity contribution >= 4 is 26.7 Å². The average Bonchev–Trinajstić information content (AvgIpc) is 2.89. The molecule has 2 heterocycles. The number of anilines is 1. The minimum Gasteiger partial charge on any atom is -0.381 e. The zero-order chi connectivity index (χ0) is 13.1. The second kappa shape index (κ2) is 5.88. The first-order chi connectivity index (χ1) is 9.36. The molecule has 1 fully saturated rings. The van der Waals surface area contributed by atoms with Crippen molar-refractivity contribution in [2.45, 2.75) is 19.8 Å². The van der Waals surface area contributed by atoms with Gasteiger partial charge in [0.05, 0.1) is 16.8 Å². The van der Waals surface area contributed by atoms with Gasteiger partial charge in [0, 0.05) is 19.7 Å². The molecule has 2 aromatic rings. The van der Waals surface area contributed by atoms with Crippen LogP contribution in [0.1, 0.15) is 19.8 Å². The molecule has 19 heavy (non-hydrogen) atoms. The van der Waals surface area contributed by atoms with Gasteiger partial charge in [-0.2, -0.15) is 0 Å². The van der Waals surface area contributed by atoms with Gasteiger partial charge >= 0.3 is 0 Å². The van der Waals surface area contributed by atoms with Crippen LogP contribution in [0, 0.1) is 5.92 Å². The molecule has 0 amide bonds. The van der Waals surface area contributed by atoms with Crippen LogP contribution < -0.4 is 4.90 Å². The van der Waals surface area contributed by atoms with E-state index in [0.717, 1.165) is 31.8 Å². The maximum atomic E-state index is 5.57. The predicted octanol–water partition coefficient (Wildman–Crippen LogP) is 3.55. The van der Waals surface area contributed by atoms with Crippen LogP contribution in [-0.2, 0) is 4.74 Å². The molecular weight excluding hydrogens is 256 g/mol. The van der Waals surface area contributed by atoms with Crippen LogP contribution in [0.2, 0.25) is 0 Å². The van der Waals surface area contributed by atoms with Gasteiger partial charge < -0.3 is 9.64 Å². The van der Waals surface area contributed by atoms with Gasteiger partial charge in [0.15, 0.2) is 5.13 Å². The van der Waals surface area contributed by atoms with E-state index in [9.17, 15) is 0 Å². The number of ether oxygens (including phenoxy) is 1. The van der Waals surface area contributed by atoms with Crippen molar-refractivity contribution in [2.24, 2.45) is 5.92 Å². The van der Waals surface area contributed by atoms with Crippen molar-refractivity contribution in [1.82, 2.24) is 4.98 Å². The normalized spacial score (nSPS) is 20.1. The SMILES string of the molecule is CCOCC1CCCN(c2nc3ccccc3s2)C1. The van der Waals surface area contributed by atoms with E-state index in [0.29, 0.717) is 5.92 Å². The summed E-state index contributed by atoms with van der Waals surface area (Å²) in [7, 11) is 0. The lowest BCUT2D eigenvalue weighted by Gasteiger charge is -2.32. The van der Waals surface area contributed by atoms with Crippen LogP contribution in [0.15, 0.2) is 24.3 Å². The summed E-state index contributed by atoms with van der Waals surface area (Å²) in [6, 6.07) is 8.38. The molecule has 0 bridgehead atoms. The molecule has 0 radical (unpaired) electrons. The number of hydrogen-bond donors (Lipinski definition) is 0. The zero-order valence-corrected chi connectivity index (χ0v) is 12.2. The fraction of sp³-hybridized carbons (Fsp3) is 0.533. The molecule has 3 rings (SSSR count). The molecule has 0 saturated carbocycles. The Bertz CT molecular complexity index is 507. The summed E-state index contributed by atoms with van der Waals surface area (Å²) in [6.45, 7) is 5.98. The molecule has 1 aromatic heterocycles. The summed E-state index contributed by atoms with van der Waals surface area (Å²) >= 11 is 1.80. The maximum Gasteiger partial charge on any atom is 0.186 e. The average molecular weight is 276 g/mol. The van der Waals surface area contributed by atoms with Crippen LogP contribution in [0.4, 0.5) is 5.13 Å². The Labute approximate surface area is 118 Å². The molecular formula is C15H20N2OS. The maximum absolute atomic E-state index is 5.57. The molecule has 102 valence electrons. The minimum atomic E-state index is 0.653. The first-order valence-electron chi connectivity index (χ1n) is 7.05. The minimum absolute atomic E-state index is 0.653. The monoisotopic (exact) mass is 276 g/mol. The number of benzene rings is 1. The van der Waals surface area contributed by atoms with Crippen LogP contribution >= 0.6 is 11.3 Å². The van der Waals surface area contributed by atoms with E-state index in [1.165, 1.54) is 22.7 Å². The van der Waals surface area contributed by atoms with Gasteiger partial charge in [0.2, 0.25) is 0 Å². The third-order valence-electron chi connectivity index (χ3n) is 3.63. The third kappa shape index (κ3) is 2.90. The number of piperidine rings is 1. The summed E-state index contributed by atoms with van der Waals surface area (Å²) in [4.78, 5) is 7.18. The highest BCUT2D eigenvalue weighted by molar-refractivity contribution is 7.22. The van der Waals surface area contributed by atoms with Crippen LogP contribution in [0.25, 0.3) is 10.2 Å². The Morgan fingerprint density at radius 3 is 3.16 bits per heavy atom. The fourth-order valence-corrected chi connectivity index (χ4v) is 3.66. The van der Waals surface area contributed by atoms with Crippen molar-refractivity contribution in [3.8, 4) is 0 Å². The highest BCUT2D eigenvalue weighted by Gasteiger charge is 2.22. The zero-order valence-electron chi connectivity index (χ0n) is 11.3. The largest absolute Gasteiger partial charge is 0.381 e. The third-order valence-corrected chi connectivity index (χ3v) is 4.73. The van der Waals surface area contributed by atoms with Crippen molar-refractivity contribution in [2.75, 3.05) is 31.2 Å². The standard InChI is InChI=1S/C15H20N2OS/c1-2-18-11-12-6-5-9-17(10-12)15-16-13-7-3-4-8-14(13)19-15/h3-4,7-8,12H,2,5-6,9-11H2,1H3. The molecule has 1 aliphatic rings. The Morgan fingerprint density at radius 2 is 2.32 bits per heavy atom. The topological polar surface area (TPSA) is 25.4 Å². The number of para-hydroxylation sites is 1. The second-order valence-corrected chi connectivity index (χ2v) is 6.09.